The van der Waals surface area contributed by atoms with E-state index in [-0.39, 0.29) is 12.0 Å². The van der Waals surface area contributed by atoms with Gasteiger partial charge in [0, 0.05) is 25.3 Å². The molecule has 0 spiro atoms. The molecule has 29 heavy (non-hydrogen) atoms. The van der Waals surface area contributed by atoms with Crippen molar-refractivity contribution in [1.82, 2.24) is 5.32 Å². The van der Waals surface area contributed by atoms with E-state index < -0.39 is 12.6 Å². The van der Waals surface area contributed by atoms with E-state index in [1.54, 1.807) is 24.3 Å². The lowest BCUT2D eigenvalue weighted by Gasteiger charge is -2.23. The van der Waals surface area contributed by atoms with Crippen molar-refractivity contribution in [2.45, 2.75) is 32.1 Å². The van der Waals surface area contributed by atoms with Crippen molar-refractivity contribution in [3.05, 3.63) is 65.2 Å². The molecule has 3 rings (SSSR count). The third kappa shape index (κ3) is 6.58. The first kappa shape index (κ1) is 20.8. The Morgan fingerprint density at radius 3 is 2.69 bits per heavy atom. The molecule has 1 aliphatic heterocycles. The Hall–Kier alpha value is -2.90. The molecule has 0 radical (unpaired) electrons. The van der Waals surface area contributed by atoms with E-state index in [9.17, 15) is 9.59 Å². The first-order valence-electron chi connectivity index (χ1n) is 9.61. The van der Waals surface area contributed by atoms with Gasteiger partial charge in [0.15, 0.2) is 6.61 Å². The molecule has 0 unspecified atom stereocenters. The zero-order valence-electron chi connectivity index (χ0n) is 16.1. The molecule has 7 heteroatoms. The minimum Gasteiger partial charge on any atom is -0.482 e. The van der Waals surface area contributed by atoms with Crippen LogP contribution in [0.3, 0.4) is 0 Å². The molecule has 1 heterocycles. The third-order valence-corrected chi connectivity index (χ3v) is 4.62. The lowest BCUT2D eigenvalue weighted by atomic mass is 10.1. The average molecular weight is 399 g/mol. The standard InChI is InChI=1S/C22H25NO6/c24-21(25)15-29-19-6-3-4-16(12-19)13-23-22(26)20-7-2-1-5-17(20)14-28-18-8-10-27-11-9-18/h1-7,12,18H,8-11,13-15H2,(H,23,26)(H,24,25). The Balaban J connectivity index is 1.56. The van der Waals surface area contributed by atoms with Crippen LogP contribution in [0.4, 0.5) is 0 Å². The Kier molecular flexibility index (Phi) is 7.61. The molecule has 1 aliphatic rings. The van der Waals surface area contributed by atoms with Gasteiger partial charge in [-0.25, -0.2) is 4.79 Å². The van der Waals surface area contributed by atoms with Crippen LogP contribution in [0.15, 0.2) is 48.5 Å². The van der Waals surface area contributed by atoms with Gasteiger partial charge in [0.2, 0.25) is 0 Å². The summed E-state index contributed by atoms with van der Waals surface area (Å²) in [4.78, 5) is 23.3. The van der Waals surface area contributed by atoms with Crippen LogP contribution in [0.5, 0.6) is 5.75 Å². The summed E-state index contributed by atoms with van der Waals surface area (Å²) >= 11 is 0. The summed E-state index contributed by atoms with van der Waals surface area (Å²) in [6.07, 6.45) is 1.90. The second-order valence-electron chi connectivity index (χ2n) is 6.79. The minimum atomic E-state index is -1.04. The number of carboxylic acids is 1. The average Bonchev–Trinajstić information content (AvgIpc) is 2.76. The lowest BCUT2D eigenvalue weighted by molar-refractivity contribution is -0.139. The number of amides is 1. The maximum absolute atomic E-state index is 12.7. The van der Waals surface area contributed by atoms with Gasteiger partial charge < -0.3 is 24.6 Å². The van der Waals surface area contributed by atoms with Gasteiger partial charge in [-0.2, -0.15) is 0 Å². The maximum Gasteiger partial charge on any atom is 0.341 e. The molecule has 2 aromatic rings. The molecule has 1 amide bonds. The van der Waals surface area contributed by atoms with Gasteiger partial charge in [-0.1, -0.05) is 30.3 Å². The fraction of sp³-hybridized carbons (Fsp3) is 0.364. The van der Waals surface area contributed by atoms with Crippen LogP contribution >= 0.6 is 0 Å². The van der Waals surface area contributed by atoms with Crippen LogP contribution in [0, 0.1) is 0 Å². The van der Waals surface area contributed by atoms with Crippen LogP contribution in [-0.4, -0.2) is 42.9 Å². The fourth-order valence-corrected chi connectivity index (χ4v) is 3.09. The number of benzene rings is 2. The predicted molar refractivity (Wildman–Crippen MR) is 106 cm³/mol. The first-order valence-corrected chi connectivity index (χ1v) is 9.61. The minimum absolute atomic E-state index is 0.161. The maximum atomic E-state index is 12.7. The Bertz CT molecular complexity index is 832. The van der Waals surface area contributed by atoms with E-state index >= 15 is 0 Å². The van der Waals surface area contributed by atoms with Gasteiger partial charge in [0.25, 0.3) is 5.91 Å². The van der Waals surface area contributed by atoms with Gasteiger partial charge >= 0.3 is 5.97 Å². The molecular weight excluding hydrogens is 374 g/mol. The molecule has 1 fully saturated rings. The molecule has 1 saturated heterocycles. The van der Waals surface area contributed by atoms with E-state index in [1.165, 1.54) is 0 Å². The van der Waals surface area contributed by atoms with E-state index in [0.29, 0.717) is 37.7 Å². The second kappa shape index (κ2) is 10.6. The first-order chi connectivity index (χ1) is 14.1. The Labute approximate surface area is 169 Å². The van der Waals surface area contributed by atoms with Crippen molar-refractivity contribution in [1.29, 1.82) is 0 Å². The van der Waals surface area contributed by atoms with Gasteiger partial charge in [-0.05, 0) is 42.2 Å². The number of nitrogens with one attached hydrogen (secondary N) is 1. The normalized spacial score (nSPS) is 14.3. The van der Waals surface area contributed by atoms with Crippen LogP contribution < -0.4 is 10.1 Å². The number of ether oxygens (including phenoxy) is 3. The van der Waals surface area contributed by atoms with Gasteiger partial charge in [-0.3, -0.25) is 4.79 Å². The zero-order chi connectivity index (χ0) is 20.5. The molecular formula is C22H25NO6. The molecule has 0 bridgehead atoms. The summed E-state index contributed by atoms with van der Waals surface area (Å²) in [5.74, 6) is -0.777. The molecule has 0 atom stereocenters. The molecule has 154 valence electrons. The number of carbonyl (C=O) groups is 2. The van der Waals surface area contributed by atoms with Gasteiger partial charge in [0.1, 0.15) is 5.75 Å². The van der Waals surface area contributed by atoms with E-state index in [2.05, 4.69) is 5.32 Å². The summed E-state index contributed by atoms with van der Waals surface area (Å²) in [7, 11) is 0. The van der Waals surface area contributed by atoms with Gasteiger partial charge in [0.05, 0.1) is 12.7 Å². The van der Waals surface area contributed by atoms with Crippen LogP contribution in [-0.2, 0) is 27.4 Å². The van der Waals surface area contributed by atoms with Crippen molar-refractivity contribution < 1.29 is 28.9 Å². The molecule has 0 aliphatic carbocycles. The zero-order valence-corrected chi connectivity index (χ0v) is 16.1. The number of rotatable bonds is 9. The monoisotopic (exact) mass is 399 g/mol. The Morgan fingerprint density at radius 2 is 1.90 bits per heavy atom. The highest BCUT2D eigenvalue weighted by molar-refractivity contribution is 5.95. The number of carbonyl (C=O) groups excluding carboxylic acids is 1. The Morgan fingerprint density at radius 1 is 1.10 bits per heavy atom. The summed E-state index contributed by atoms with van der Waals surface area (Å²) in [6.45, 7) is 1.70. The number of hydrogen-bond donors (Lipinski definition) is 2. The predicted octanol–water partition coefficient (Wildman–Crippen LogP) is 2.78. The van der Waals surface area contributed by atoms with Crippen LogP contribution in [0.25, 0.3) is 0 Å². The van der Waals surface area contributed by atoms with Gasteiger partial charge in [-0.15, -0.1) is 0 Å². The quantitative estimate of drug-likeness (QED) is 0.673. The van der Waals surface area contributed by atoms with Crippen LogP contribution in [0.1, 0.15) is 34.3 Å². The van der Waals surface area contributed by atoms with Crippen molar-refractivity contribution in [2.24, 2.45) is 0 Å². The summed E-state index contributed by atoms with van der Waals surface area (Å²) < 4.78 is 16.5. The largest absolute Gasteiger partial charge is 0.482 e. The lowest BCUT2D eigenvalue weighted by Crippen LogP contribution is -2.26. The van der Waals surface area contributed by atoms with Crippen LogP contribution in [0.2, 0.25) is 0 Å². The molecule has 2 N–H and O–H groups in total. The van der Waals surface area contributed by atoms with E-state index in [1.807, 2.05) is 24.3 Å². The number of aliphatic carboxylic acids is 1. The highest BCUT2D eigenvalue weighted by Gasteiger charge is 2.16. The molecule has 7 nitrogen and oxygen atoms in total. The topological polar surface area (TPSA) is 94.1 Å². The van der Waals surface area contributed by atoms with E-state index in [0.717, 1.165) is 24.0 Å². The molecule has 0 saturated carbocycles. The second-order valence-corrected chi connectivity index (χ2v) is 6.79. The highest BCUT2D eigenvalue weighted by atomic mass is 16.5. The SMILES string of the molecule is O=C(O)COc1cccc(CNC(=O)c2ccccc2COC2CCOCC2)c1. The van der Waals surface area contributed by atoms with E-state index in [4.69, 9.17) is 19.3 Å². The van der Waals surface area contributed by atoms with Crippen molar-refractivity contribution >= 4 is 11.9 Å². The van der Waals surface area contributed by atoms with Crippen molar-refractivity contribution in [3.63, 3.8) is 0 Å². The number of carboxylic acid groups (broad SMARTS) is 1. The van der Waals surface area contributed by atoms with Crippen molar-refractivity contribution in [3.8, 4) is 5.75 Å². The molecule has 0 aromatic heterocycles. The highest BCUT2D eigenvalue weighted by Crippen LogP contribution is 2.17. The third-order valence-electron chi connectivity index (χ3n) is 4.62. The van der Waals surface area contributed by atoms with Crippen molar-refractivity contribution in [2.75, 3.05) is 19.8 Å². The fourth-order valence-electron chi connectivity index (χ4n) is 3.09. The molecule has 2 aromatic carbocycles. The summed E-state index contributed by atoms with van der Waals surface area (Å²) in [5.41, 5.74) is 2.24. The smallest absolute Gasteiger partial charge is 0.341 e. The summed E-state index contributed by atoms with van der Waals surface area (Å²) in [6, 6.07) is 14.4. The number of hydrogen-bond acceptors (Lipinski definition) is 5. The summed E-state index contributed by atoms with van der Waals surface area (Å²) in [5, 5.41) is 11.6.